The summed E-state index contributed by atoms with van der Waals surface area (Å²) in [5.74, 6) is 0. The third-order valence-corrected chi connectivity index (χ3v) is 2.43. The maximum absolute atomic E-state index is 11.5. The van der Waals surface area contributed by atoms with Crippen LogP contribution >= 0.6 is 0 Å². The average Bonchev–Trinajstić information content (AvgIpc) is 2.88. The maximum Gasteiger partial charge on any atom is 0.326 e. The number of pyridine rings is 1. The van der Waals surface area contributed by atoms with Crippen LogP contribution in [0.4, 0.5) is 0 Å². The largest absolute Gasteiger partial charge is 0.326 e. The summed E-state index contributed by atoms with van der Waals surface area (Å²) in [4.78, 5) is 18.3. The number of nitrogens with zero attached hydrogens (tertiary/aromatic N) is 2. The van der Waals surface area contributed by atoms with Gasteiger partial charge in [-0.05, 0) is 18.9 Å². The normalized spacial score (nSPS) is 16.6. The second-order valence-corrected chi connectivity index (χ2v) is 3.42. The van der Waals surface area contributed by atoms with Crippen molar-refractivity contribution in [2.45, 2.75) is 18.9 Å². The van der Waals surface area contributed by atoms with Gasteiger partial charge in [-0.2, -0.15) is 0 Å². The molecule has 13 heavy (non-hydrogen) atoms. The van der Waals surface area contributed by atoms with Crippen molar-refractivity contribution in [2.24, 2.45) is 0 Å². The molecule has 2 heterocycles. The Labute approximate surface area is 74.2 Å². The van der Waals surface area contributed by atoms with Crippen LogP contribution in [0.15, 0.2) is 23.3 Å². The fourth-order valence-electron chi connectivity index (χ4n) is 1.66. The van der Waals surface area contributed by atoms with Gasteiger partial charge in [-0.15, -0.1) is 0 Å². The quantitative estimate of drug-likeness (QED) is 0.704. The summed E-state index contributed by atoms with van der Waals surface area (Å²) in [5, 5.41) is 0. The van der Waals surface area contributed by atoms with Crippen molar-refractivity contribution in [2.75, 3.05) is 0 Å². The summed E-state index contributed by atoms with van der Waals surface area (Å²) in [7, 11) is 0. The first-order chi connectivity index (χ1) is 6.36. The van der Waals surface area contributed by atoms with E-state index in [-0.39, 0.29) is 5.69 Å². The molecule has 0 bridgehead atoms. The molecule has 66 valence electrons. The average molecular weight is 175 g/mol. The van der Waals surface area contributed by atoms with Crippen LogP contribution in [0.5, 0.6) is 0 Å². The second kappa shape index (κ2) is 2.22. The van der Waals surface area contributed by atoms with Gasteiger partial charge in [0.05, 0.1) is 17.2 Å². The van der Waals surface area contributed by atoms with Gasteiger partial charge < -0.3 is 4.98 Å². The first-order valence-corrected chi connectivity index (χ1v) is 4.40. The Hall–Kier alpha value is -1.58. The molecule has 1 aliphatic carbocycles. The van der Waals surface area contributed by atoms with Gasteiger partial charge in [0, 0.05) is 12.2 Å². The minimum Gasteiger partial charge on any atom is -0.305 e. The van der Waals surface area contributed by atoms with Crippen molar-refractivity contribution in [3.05, 3.63) is 28.9 Å². The molecule has 1 fully saturated rings. The highest BCUT2D eigenvalue weighted by Crippen LogP contribution is 2.35. The zero-order valence-corrected chi connectivity index (χ0v) is 7.03. The number of aromatic amines is 1. The summed E-state index contributed by atoms with van der Waals surface area (Å²) >= 11 is 0. The lowest BCUT2D eigenvalue weighted by Gasteiger charge is -1.96. The van der Waals surface area contributed by atoms with E-state index in [1.807, 2.05) is 10.6 Å². The van der Waals surface area contributed by atoms with E-state index in [4.69, 9.17) is 0 Å². The Kier molecular flexibility index (Phi) is 1.17. The highest BCUT2D eigenvalue weighted by atomic mass is 16.1. The lowest BCUT2D eigenvalue weighted by atomic mass is 10.4. The monoisotopic (exact) mass is 175 g/mol. The summed E-state index contributed by atoms with van der Waals surface area (Å²) in [5.41, 5.74) is 1.80. The predicted octanol–water partition coefficient (Wildman–Crippen LogP) is 1.06. The van der Waals surface area contributed by atoms with E-state index in [1.54, 1.807) is 12.4 Å². The van der Waals surface area contributed by atoms with Gasteiger partial charge in [0.25, 0.3) is 0 Å². The molecule has 0 aromatic carbocycles. The van der Waals surface area contributed by atoms with Crippen molar-refractivity contribution >= 4 is 11.0 Å². The Bertz CT molecular complexity index is 507. The van der Waals surface area contributed by atoms with Gasteiger partial charge in [0.1, 0.15) is 0 Å². The number of hydrogen-bond acceptors (Lipinski definition) is 2. The van der Waals surface area contributed by atoms with Crippen LogP contribution < -0.4 is 5.69 Å². The lowest BCUT2D eigenvalue weighted by molar-refractivity contribution is 0.732. The smallest absolute Gasteiger partial charge is 0.305 e. The molecule has 2 aromatic rings. The molecule has 0 unspecified atom stereocenters. The van der Waals surface area contributed by atoms with E-state index >= 15 is 0 Å². The van der Waals surface area contributed by atoms with Crippen LogP contribution in [0.1, 0.15) is 18.9 Å². The molecule has 0 atom stereocenters. The lowest BCUT2D eigenvalue weighted by Crippen LogP contribution is -2.14. The molecule has 0 aliphatic heterocycles. The predicted molar refractivity (Wildman–Crippen MR) is 48.6 cm³/mol. The van der Waals surface area contributed by atoms with Crippen LogP contribution in [-0.2, 0) is 0 Å². The maximum atomic E-state index is 11.5. The minimum absolute atomic E-state index is 0.00880. The van der Waals surface area contributed by atoms with Crippen LogP contribution in [0.25, 0.3) is 11.0 Å². The number of aromatic nitrogens is 3. The number of nitrogens with one attached hydrogen (secondary N) is 1. The molecular weight excluding hydrogens is 166 g/mol. The molecule has 4 heteroatoms. The molecule has 0 radical (unpaired) electrons. The molecule has 0 spiro atoms. The molecule has 3 rings (SSSR count). The third-order valence-electron chi connectivity index (χ3n) is 2.43. The number of hydrogen-bond donors (Lipinski definition) is 1. The van der Waals surface area contributed by atoms with Crippen molar-refractivity contribution in [1.82, 2.24) is 14.5 Å². The first kappa shape index (κ1) is 6.88. The topological polar surface area (TPSA) is 50.7 Å². The highest BCUT2D eigenvalue weighted by molar-refractivity contribution is 5.73. The summed E-state index contributed by atoms with van der Waals surface area (Å²) in [6.45, 7) is 0. The van der Waals surface area contributed by atoms with Gasteiger partial charge >= 0.3 is 5.69 Å². The number of H-pyrrole nitrogens is 1. The molecule has 1 N–H and O–H groups in total. The van der Waals surface area contributed by atoms with Gasteiger partial charge in [-0.3, -0.25) is 9.55 Å². The Morgan fingerprint density at radius 1 is 1.54 bits per heavy atom. The van der Waals surface area contributed by atoms with Crippen LogP contribution in [0.3, 0.4) is 0 Å². The van der Waals surface area contributed by atoms with Crippen molar-refractivity contribution < 1.29 is 0 Å². The van der Waals surface area contributed by atoms with E-state index in [2.05, 4.69) is 9.97 Å². The fourth-order valence-corrected chi connectivity index (χ4v) is 1.66. The second-order valence-electron chi connectivity index (χ2n) is 3.42. The summed E-state index contributed by atoms with van der Waals surface area (Å²) in [6.07, 6.45) is 5.66. The number of imidazole rings is 1. The Balaban J connectivity index is 2.41. The van der Waals surface area contributed by atoms with E-state index in [9.17, 15) is 4.79 Å². The Morgan fingerprint density at radius 2 is 2.38 bits per heavy atom. The van der Waals surface area contributed by atoms with Gasteiger partial charge in [-0.1, -0.05) is 0 Å². The standard InChI is InChI=1S/C9H9N3O/c13-9-11-7-3-4-10-5-8(7)12(9)6-1-2-6/h3-6H,1-2H2,(H,11,13). The van der Waals surface area contributed by atoms with E-state index in [0.717, 1.165) is 23.9 Å². The molecule has 1 aliphatic rings. The van der Waals surface area contributed by atoms with Gasteiger partial charge in [0.2, 0.25) is 0 Å². The highest BCUT2D eigenvalue weighted by Gasteiger charge is 2.26. The van der Waals surface area contributed by atoms with Gasteiger partial charge in [-0.25, -0.2) is 4.79 Å². The molecule has 2 aromatic heterocycles. The molecule has 0 saturated heterocycles. The SMILES string of the molecule is O=c1[nH]c2ccncc2n1C1CC1. The van der Waals surface area contributed by atoms with E-state index in [1.165, 1.54) is 0 Å². The fraction of sp³-hybridized carbons (Fsp3) is 0.333. The zero-order valence-electron chi connectivity index (χ0n) is 7.03. The number of fused-ring (bicyclic) bond motifs is 1. The molecular formula is C9H9N3O. The van der Waals surface area contributed by atoms with Crippen molar-refractivity contribution in [3.63, 3.8) is 0 Å². The number of rotatable bonds is 1. The van der Waals surface area contributed by atoms with Crippen molar-refractivity contribution in [1.29, 1.82) is 0 Å². The first-order valence-electron chi connectivity index (χ1n) is 4.40. The zero-order chi connectivity index (χ0) is 8.84. The van der Waals surface area contributed by atoms with Crippen LogP contribution in [-0.4, -0.2) is 14.5 Å². The summed E-state index contributed by atoms with van der Waals surface area (Å²) < 4.78 is 1.81. The molecule has 4 nitrogen and oxygen atoms in total. The molecule has 0 amide bonds. The minimum atomic E-state index is -0.00880. The molecule has 1 saturated carbocycles. The van der Waals surface area contributed by atoms with E-state index < -0.39 is 0 Å². The summed E-state index contributed by atoms with van der Waals surface area (Å²) in [6, 6.07) is 2.24. The van der Waals surface area contributed by atoms with Gasteiger partial charge in [0.15, 0.2) is 0 Å². The Morgan fingerprint density at radius 3 is 3.15 bits per heavy atom. The van der Waals surface area contributed by atoms with E-state index in [0.29, 0.717) is 6.04 Å². The van der Waals surface area contributed by atoms with Crippen LogP contribution in [0.2, 0.25) is 0 Å². The van der Waals surface area contributed by atoms with Crippen molar-refractivity contribution in [3.8, 4) is 0 Å². The van der Waals surface area contributed by atoms with Crippen LogP contribution in [0, 0.1) is 0 Å². The third kappa shape index (κ3) is 0.915.